The lowest BCUT2D eigenvalue weighted by Gasteiger charge is -2.10. The Morgan fingerprint density at radius 3 is 1.66 bits per heavy atom. The average Bonchev–Trinajstić information content (AvgIpc) is 3.77. The van der Waals surface area contributed by atoms with E-state index in [1.165, 1.54) is 57.0 Å². The second-order valence-electron chi connectivity index (χ2n) is 12.4. The highest BCUT2D eigenvalue weighted by molar-refractivity contribution is 7.26. The molecule has 3 nitrogen and oxygen atoms in total. The summed E-state index contributed by atoms with van der Waals surface area (Å²) < 4.78 is 5.09. The summed E-state index contributed by atoms with van der Waals surface area (Å²) in [5, 5.41) is 5.01. The Kier molecular flexibility index (Phi) is 6.86. The fraction of sp³-hybridized carbons (Fsp3) is 0. The molecule has 0 bridgehead atoms. The van der Waals surface area contributed by atoms with E-state index >= 15 is 0 Å². The second kappa shape index (κ2) is 11.8. The molecule has 0 unspecified atom stereocenters. The molecule has 0 saturated carbocycles. The van der Waals surface area contributed by atoms with Crippen molar-refractivity contribution in [2.45, 2.75) is 0 Å². The molecule has 3 aromatic heterocycles. The highest BCUT2D eigenvalue weighted by Gasteiger charge is 2.18. The first-order chi connectivity index (χ1) is 24.8. The predicted octanol–water partition coefficient (Wildman–Crippen LogP) is 12.9. The molecule has 0 N–H and O–H groups in total. The van der Waals surface area contributed by atoms with Crippen molar-refractivity contribution >= 4 is 63.0 Å². The van der Waals surface area contributed by atoms with Crippen LogP contribution in [0.3, 0.4) is 0 Å². The molecule has 0 spiro atoms. The van der Waals surface area contributed by atoms with Gasteiger partial charge in [-0.1, -0.05) is 140 Å². The van der Waals surface area contributed by atoms with Gasteiger partial charge in [0, 0.05) is 57.0 Å². The molecule has 7 aromatic carbocycles. The molecule has 0 amide bonds. The first kappa shape index (κ1) is 29.0. The fourth-order valence-corrected chi connectivity index (χ4v) is 9.29. The number of aromatic nitrogens is 3. The Bertz CT molecular complexity index is 2850. The van der Waals surface area contributed by atoms with Crippen molar-refractivity contribution in [1.82, 2.24) is 15.0 Å². The Morgan fingerprint density at radius 2 is 0.860 bits per heavy atom. The minimum absolute atomic E-state index is 0.655. The van der Waals surface area contributed by atoms with Gasteiger partial charge >= 0.3 is 0 Å². The molecule has 0 fully saturated rings. The van der Waals surface area contributed by atoms with E-state index in [0.717, 1.165) is 22.3 Å². The summed E-state index contributed by atoms with van der Waals surface area (Å²) >= 11 is 3.68. The lowest BCUT2D eigenvalue weighted by atomic mass is 9.99. The first-order valence-electron chi connectivity index (χ1n) is 16.6. The van der Waals surface area contributed by atoms with Crippen LogP contribution in [-0.4, -0.2) is 15.0 Å². The van der Waals surface area contributed by atoms with Crippen LogP contribution in [0.2, 0.25) is 0 Å². The predicted molar refractivity (Wildman–Crippen MR) is 213 cm³/mol. The Labute approximate surface area is 296 Å². The van der Waals surface area contributed by atoms with Crippen molar-refractivity contribution in [2.75, 3.05) is 0 Å². The van der Waals surface area contributed by atoms with Gasteiger partial charge in [0.1, 0.15) is 0 Å². The van der Waals surface area contributed by atoms with E-state index in [2.05, 4.69) is 140 Å². The van der Waals surface area contributed by atoms with E-state index in [9.17, 15) is 0 Å². The number of thiophene rings is 2. The van der Waals surface area contributed by atoms with Crippen molar-refractivity contribution in [3.63, 3.8) is 0 Å². The quantitative estimate of drug-likeness (QED) is 0.182. The zero-order valence-corrected chi connectivity index (χ0v) is 28.4. The molecule has 0 saturated heterocycles. The molecule has 0 atom stereocenters. The first-order valence-corrected chi connectivity index (χ1v) is 18.2. The third kappa shape index (κ3) is 4.90. The number of hydrogen-bond acceptors (Lipinski definition) is 5. The van der Waals surface area contributed by atoms with E-state index < -0.39 is 0 Å². The van der Waals surface area contributed by atoms with Crippen molar-refractivity contribution in [3.8, 4) is 56.4 Å². The zero-order chi connectivity index (χ0) is 33.0. The van der Waals surface area contributed by atoms with Gasteiger partial charge in [0.25, 0.3) is 0 Å². The van der Waals surface area contributed by atoms with Gasteiger partial charge in [-0.15, -0.1) is 22.7 Å². The maximum Gasteiger partial charge on any atom is 0.164 e. The van der Waals surface area contributed by atoms with Crippen molar-refractivity contribution in [2.24, 2.45) is 0 Å². The number of rotatable bonds is 5. The molecule has 5 heteroatoms. The minimum Gasteiger partial charge on any atom is -0.208 e. The molecule has 10 rings (SSSR count). The number of hydrogen-bond donors (Lipinski definition) is 0. The van der Waals surface area contributed by atoms with Crippen LogP contribution in [0.25, 0.3) is 96.8 Å². The highest BCUT2D eigenvalue weighted by atomic mass is 32.1. The molecular formula is C45H27N3S2. The van der Waals surface area contributed by atoms with Crippen LogP contribution in [0.4, 0.5) is 0 Å². The van der Waals surface area contributed by atoms with E-state index in [4.69, 9.17) is 15.0 Å². The van der Waals surface area contributed by atoms with Crippen molar-refractivity contribution in [3.05, 3.63) is 164 Å². The van der Waals surface area contributed by atoms with Gasteiger partial charge in [0.15, 0.2) is 17.5 Å². The largest absolute Gasteiger partial charge is 0.208 e. The summed E-state index contributed by atoms with van der Waals surface area (Å²) in [5.74, 6) is 1.98. The average molecular weight is 674 g/mol. The van der Waals surface area contributed by atoms with Crippen molar-refractivity contribution in [1.29, 1.82) is 0 Å². The van der Waals surface area contributed by atoms with Crippen LogP contribution in [0.1, 0.15) is 0 Å². The summed E-state index contributed by atoms with van der Waals surface area (Å²) in [6, 6.07) is 57.9. The zero-order valence-electron chi connectivity index (χ0n) is 26.7. The van der Waals surface area contributed by atoms with Crippen LogP contribution in [0.15, 0.2) is 164 Å². The van der Waals surface area contributed by atoms with Gasteiger partial charge in [-0.05, 0) is 46.5 Å². The topological polar surface area (TPSA) is 38.7 Å². The molecule has 0 aliphatic carbocycles. The fourth-order valence-electron chi connectivity index (χ4n) is 6.94. The van der Waals surface area contributed by atoms with Crippen molar-refractivity contribution < 1.29 is 0 Å². The number of benzene rings is 7. The lowest BCUT2D eigenvalue weighted by Crippen LogP contribution is -2.00. The molecule has 50 heavy (non-hydrogen) atoms. The van der Waals surface area contributed by atoms with Crippen LogP contribution in [0.5, 0.6) is 0 Å². The highest BCUT2D eigenvalue weighted by Crippen LogP contribution is 2.44. The molecule has 3 heterocycles. The van der Waals surface area contributed by atoms with Gasteiger partial charge in [-0.25, -0.2) is 15.0 Å². The van der Waals surface area contributed by atoms with Gasteiger partial charge in [-0.2, -0.15) is 0 Å². The Morgan fingerprint density at radius 1 is 0.320 bits per heavy atom. The SMILES string of the molecule is c1ccc(-c2ccc(-c3nc(-c4ccccc4)nc(-c4cccc5sc6ccc(-c7cccc8c7sc7ccccc78)cc6c45)n3)cc2)cc1. The third-order valence-electron chi connectivity index (χ3n) is 9.37. The van der Waals surface area contributed by atoms with Gasteiger partial charge < -0.3 is 0 Å². The molecular weight excluding hydrogens is 647 g/mol. The number of nitrogens with zero attached hydrogens (tertiary/aromatic N) is 3. The standard InChI is InChI=1S/C45H27N3S2/c1-3-11-28(12-4-1)29-21-23-31(24-22-29)44-46-43(30-13-5-2-6-14-30)47-45(48-44)36-18-10-20-40-41(36)37-27-32(25-26-39(37)49-40)33-16-9-17-35-34-15-7-8-19-38(34)50-42(33)35/h1-27H. The van der Waals surface area contributed by atoms with E-state index in [1.54, 1.807) is 0 Å². The number of fused-ring (bicyclic) bond motifs is 6. The lowest BCUT2D eigenvalue weighted by molar-refractivity contribution is 1.08. The van der Waals surface area contributed by atoms with E-state index in [-0.39, 0.29) is 0 Å². The molecule has 0 aliphatic rings. The Balaban J connectivity index is 1.16. The summed E-state index contributed by atoms with van der Waals surface area (Å²) in [6.07, 6.45) is 0. The van der Waals surface area contributed by atoms with Gasteiger partial charge in [0.05, 0.1) is 0 Å². The molecule has 10 aromatic rings. The third-order valence-corrected chi connectivity index (χ3v) is 11.7. The second-order valence-corrected chi connectivity index (χ2v) is 14.5. The van der Waals surface area contributed by atoms with Crippen LogP contribution < -0.4 is 0 Å². The van der Waals surface area contributed by atoms with E-state index in [1.807, 2.05) is 46.9 Å². The monoisotopic (exact) mass is 673 g/mol. The van der Waals surface area contributed by atoms with Gasteiger partial charge in [-0.3, -0.25) is 0 Å². The van der Waals surface area contributed by atoms with E-state index in [0.29, 0.717) is 17.5 Å². The normalized spacial score (nSPS) is 11.6. The van der Waals surface area contributed by atoms with Crippen LogP contribution >= 0.6 is 22.7 Å². The summed E-state index contributed by atoms with van der Waals surface area (Å²) in [6.45, 7) is 0. The Hall–Kier alpha value is -6.01. The summed E-state index contributed by atoms with van der Waals surface area (Å²) in [7, 11) is 0. The summed E-state index contributed by atoms with van der Waals surface area (Å²) in [4.78, 5) is 15.3. The minimum atomic E-state index is 0.655. The maximum absolute atomic E-state index is 5.17. The maximum atomic E-state index is 5.17. The smallest absolute Gasteiger partial charge is 0.164 e. The van der Waals surface area contributed by atoms with Crippen LogP contribution in [-0.2, 0) is 0 Å². The van der Waals surface area contributed by atoms with Gasteiger partial charge in [0.2, 0.25) is 0 Å². The molecule has 234 valence electrons. The summed E-state index contributed by atoms with van der Waals surface area (Å²) in [5.41, 5.74) is 7.72. The molecule has 0 radical (unpaired) electrons. The van der Waals surface area contributed by atoms with Crippen LogP contribution in [0, 0.1) is 0 Å². The molecule has 0 aliphatic heterocycles.